The maximum absolute atomic E-state index is 13.0. The third-order valence-corrected chi connectivity index (χ3v) is 5.07. The fourth-order valence-electron chi connectivity index (χ4n) is 2.56. The van der Waals surface area contributed by atoms with Crippen LogP contribution in [0.2, 0.25) is 19.6 Å². The summed E-state index contributed by atoms with van der Waals surface area (Å²) in [5, 5.41) is 0. The second-order valence-corrected chi connectivity index (χ2v) is 12.2. The van der Waals surface area contributed by atoms with Crippen LogP contribution in [0.1, 0.15) is 37.0 Å². The number of methoxy groups -OCH3 is 1. The molecule has 0 saturated heterocycles. The number of ketones is 1. The van der Waals surface area contributed by atoms with Crippen molar-refractivity contribution in [3.8, 4) is 17.2 Å². The summed E-state index contributed by atoms with van der Waals surface area (Å²) in [5.74, 6) is 4.19. The van der Waals surface area contributed by atoms with Crippen LogP contribution in [0.25, 0.3) is 0 Å². The quantitative estimate of drug-likeness (QED) is 0.328. The molecule has 0 heterocycles. The molecule has 1 aliphatic rings. The number of rotatable bonds is 3. The molecular formula is C21H26O2Si. The van der Waals surface area contributed by atoms with Crippen LogP contribution < -0.4 is 4.74 Å². The highest BCUT2D eigenvalue weighted by atomic mass is 28.3. The molecule has 24 heavy (non-hydrogen) atoms. The number of carbonyl (C=O) groups is 1. The molecule has 0 aromatic heterocycles. The smallest absolute Gasteiger partial charge is 0.190 e. The summed E-state index contributed by atoms with van der Waals surface area (Å²) in [6, 6.07) is 7.33. The van der Waals surface area contributed by atoms with Crippen LogP contribution in [0.4, 0.5) is 0 Å². The first-order valence-electron chi connectivity index (χ1n) is 8.30. The lowest BCUT2D eigenvalue weighted by molar-refractivity contribution is 0.103. The van der Waals surface area contributed by atoms with Crippen LogP contribution in [0.15, 0.2) is 46.6 Å². The molecule has 2 rings (SSSR count). The summed E-state index contributed by atoms with van der Waals surface area (Å²) >= 11 is 0. The molecule has 1 aliphatic carbocycles. The van der Waals surface area contributed by atoms with Crippen molar-refractivity contribution in [1.29, 1.82) is 0 Å². The average Bonchev–Trinajstić information content (AvgIpc) is 2.54. The van der Waals surface area contributed by atoms with Gasteiger partial charge in [0.05, 0.1) is 7.11 Å². The van der Waals surface area contributed by atoms with Gasteiger partial charge in [0.25, 0.3) is 0 Å². The Morgan fingerprint density at radius 1 is 1.04 bits per heavy atom. The third-order valence-electron chi connectivity index (χ3n) is 4.19. The minimum Gasteiger partial charge on any atom is -0.497 e. The first-order chi connectivity index (χ1) is 11.2. The maximum atomic E-state index is 13.0. The van der Waals surface area contributed by atoms with Crippen LogP contribution in [-0.2, 0) is 0 Å². The monoisotopic (exact) mass is 338 g/mol. The normalized spacial score (nSPS) is 15.1. The molecule has 0 fully saturated rings. The van der Waals surface area contributed by atoms with E-state index in [1.165, 1.54) is 11.1 Å². The molecule has 0 amide bonds. The van der Waals surface area contributed by atoms with Gasteiger partial charge in [0, 0.05) is 23.1 Å². The summed E-state index contributed by atoms with van der Waals surface area (Å²) in [4.78, 5) is 13.0. The summed E-state index contributed by atoms with van der Waals surface area (Å²) in [6.07, 6.45) is 1.49. The first kappa shape index (κ1) is 18.3. The van der Waals surface area contributed by atoms with E-state index in [9.17, 15) is 4.79 Å². The number of carbonyl (C=O) groups excluding carboxylic acids is 1. The number of hydrogen-bond donors (Lipinski definition) is 0. The third kappa shape index (κ3) is 4.49. The molecule has 0 radical (unpaired) electrons. The molecule has 1 aromatic rings. The van der Waals surface area contributed by atoms with E-state index in [0.717, 1.165) is 23.3 Å². The van der Waals surface area contributed by atoms with Gasteiger partial charge in [0.2, 0.25) is 0 Å². The molecule has 0 spiro atoms. The van der Waals surface area contributed by atoms with E-state index in [4.69, 9.17) is 4.74 Å². The lowest BCUT2D eigenvalue weighted by Crippen LogP contribution is -2.17. The lowest BCUT2D eigenvalue weighted by Gasteiger charge is -2.20. The first-order valence-corrected chi connectivity index (χ1v) is 11.8. The Kier molecular flexibility index (Phi) is 5.51. The molecule has 3 heteroatoms. The van der Waals surface area contributed by atoms with Crippen molar-refractivity contribution in [1.82, 2.24) is 0 Å². The Morgan fingerprint density at radius 3 is 2.17 bits per heavy atom. The summed E-state index contributed by atoms with van der Waals surface area (Å²) in [5.41, 5.74) is 8.59. The highest BCUT2D eigenvalue weighted by Crippen LogP contribution is 2.31. The van der Waals surface area contributed by atoms with Gasteiger partial charge < -0.3 is 4.74 Å². The zero-order chi connectivity index (χ0) is 17.9. The Bertz CT molecular complexity index is 763. The highest BCUT2D eigenvalue weighted by Gasteiger charge is 2.22. The summed E-state index contributed by atoms with van der Waals surface area (Å²) in [7, 11) is 0.151. The van der Waals surface area contributed by atoms with Crippen LogP contribution in [0.3, 0.4) is 0 Å². The van der Waals surface area contributed by atoms with Gasteiger partial charge in [-0.3, -0.25) is 4.79 Å². The van der Waals surface area contributed by atoms with Gasteiger partial charge in [-0.1, -0.05) is 36.7 Å². The van der Waals surface area contributed by atoms with Gasteiger partial charge in [0.15, 0.2) is 5.78 Å². The predicted octanol–water partition coefficient (Wildman–Crippen LogP) is 5.19. The van der Waals surface area contributed by atoms with E-state index in [1.807, 2.05) is 24.3 Å². The zero-order valence-corrected chi connectivity index (χ0v) is 16.5. The fraction of sp³-hybridized carbons (Fsp3) is 0.381. The molecular weight excluding hydrogens is 312 g/mol. The standard InChI is InChI=1S/C21H26O2Si/c1-15-13-18(11-12-24(4,5)6)20(14-16(15)2)21(22)17-7-9-19(23-3)10-8-17/h7-10H,13-14H2,1-6H3. The molecule has 0 saturated carbocycles. The number of ether oxygens (including phenoxy) is 1. The van der Waals surface area contributed by atoms with Crippen LogP contribution >= 0.6 is 0 Å². The Hall–Kier alpha value is -2.05. The van der Waals surface area contributed by atoms with Crippen molar-refractivity contribution in [2.75, 3.05) is 7.11 Å². The highest BCUT2D eigenvalue weighted by molar-refractivity contribution is 6.83. The number of benzene rings is 1. The Morgan fingerprint density at radius 2 is 1.62 bits per heavy atom. The second kappa shape index (κ2) is 7.23. The molecule has 0 unspecified atom stereocenters. The summed E-state index contributed by atoms with van der Waals surface area (Å²) < 4.78 is 5.17. The van der Waals surface area contributed by atoms with Crippen LogP contribution in [0, 0.1) is 11.5 Å². The van der Waals surface area contributed by atoms with Crippen molar-refractivity contribution in [2.45, 2.75) is 46.3 Å². The lowest BCUT2D eigenvalue weighted by atomic mass is 9.84. The van der Waals surface area contributed by atoms with Gasteiger partial charge in [0.1, 0.15) is 13.8 Å². The van der Waals surface area contributed by atoms with E-state index >= 15 is 0 Å². The average molecular weight is 339 g/mol. The molecule has 0 bridgehead atoms. The van der Waals surface area contributed by atoms with Crippen molar-refractivity contribution < 1.29 is 9.53 Å². The SMILES string of the molecule is COc1ccc(C(=O)C2=C(C#C[Si](C)(C)C)CC(C)=C(C)C2)cc1. The number of Topliss-reactive ketones (excluding diaryl/α,β-unsaturated/α-hetero) is 1. The number of hydrogen-bond acceptors (Lipinski definition) is 2. The minimum absolute atomic E-state index is 0.0874. The van der Waals surface area contributed by atoms with Crippen LogP contribution in [-0.4, -0.2) is 21.0 Å². The van der Waals surface area contributed by atoms with Gasteiger partial charge >= 0.3 is 0 Å². The topological polar surface area (TPSA) is 26.3 Å². The van der Waals surface area contributed by atoms with Gasteiger partial charge in [-0.25, -0.2) is 0 Å². The molecule has 0 aliphatic heterocycles. The second-order valence-electron chi connectivity index (χ2n) is 7.43. The van der Waals surface area contributed by atoms with E-state index in [0.29, 0.717) is 12.0 Å². The van der Waals surface area contributed by atoms with Crippen molar-refractivity contribution in [3.05, 3.63) is 52.1 Å². The van der Waals surface area contributed by atoms with Crippen molar-refractivity contribution >= 4 is 13.9 Å². The van der Waals surface area contributed by atoms with Gasteiger partial charge in [-0.2, -0.15) is 0 Å². The summed E-state index contributed by atoms with van der Waals surface area (Å²) in [6.45, 7) is 10.9. The van der Waals surface area contributed by atoms with Gasteiger partial charge in [-0.15, -0.1) is 5.54 Å². The Balaban J connectivity index is 2.42. The Labute approximate surface area is 146 Å². The zero-order valence-electron chi connectivity index (χ0n) is 15.5. The maximum Gasteiger partial charge on any atom is 0.190 e. The molecule has 126 valence electrons. The largest absolute Gasteiger partial charge is 0.497 e. The van der Waals surface area contributed by atoms with E-state index in [2.05, 4.69) is 45.0 Å². The van der Waals surface area contributed by atoms with Crippen molar-refractivity contribution in [3.63, 3.8) is 0 Å². The van der Waals surface area contributed by atoms with E-state index < -0.39 is 8.07 Å². The van der Waals surface area contributed by atoms with Crippen molar-refractivity contribution in [2.24, 2.45) is 0 Å². The van der Waals surface area contributed by atoms with Gasteiger partial charge in [-0.05, 0) is 44.5 Å². The van der Waals surface area contributed by atoms with E-state index in [-0.39, 0.29) is 5.78 Å². The van der Waals surface area contributed by atoms with Crippen LogP contribution in [0.5, 0.6) is 5.75 Å². The number of allylic oxidation sites excluding steroid dienone is 4. The molecule has 0 atom stereocenters. The molecule has 2 nitrogen and oxygen atoms in total. The predicted molar refractivity (Wildman–Crippen MR) is 103 cm³/mol. The van der Waals surface area contributed by atoms with E-state index in [1.54, 1.807) is 7.11 Å². The fourth-order valence-corrected chi connectivity index (χ4v) is 3.09. The molecule has 1 aromatic carbocycles. The molecule has 0 N–H and O–H groups in total. The minimum atomic E-state index is -1.48.